The molecule has 132 valence electrons. The molecule has 0 aliphatic rings. The fourth-order valence-electron chi connectivity index (χ4n) is 1.97. The number of carbonyl (C=O) groups excluding carboxylic acids is 2. The van der Waals surface area contributed by atoms with Gasteiger partial charge in [0.15, 0.2) is 6.61 Å². The highest BCUT2D eigenvalue weighted by Crippen LogP contribution is 2.20. The van der Waals surface area contributed by atoms with Gasteiger partial charge in [-0.05, 0) is 37.3 Å². The second-order valence-corrected chi connectivity index (χ2v) is 6.93. The average Bonchev–Trinajstić information content (AvgIpc) is 2.54. The maximum atomic E-state index is 12.0. The molecule has 0 spiro atoms. The van der Waals surface area contributed by atoms with E-state index in [4.69, 9.17) is 4.74 Å². The SMILES string of the molecule is Cc1ccc(OCC(=O)Nc2cccc(NC(=O)C(C)(C)C)c2)cc1. The van der Waals surface area contributed by atoms with Crippen LogP contribution in [0.25, 0.3) is 0 Å². The number of carbonyl (C=O) groups is 2. The summed E-state index contributed by atoms with van der Waals surface area (Å²) in [6, 6.07) is 14.5. The zero-order valence-electron chi connectivity index (χ0n) is 15.1. The summed E-state index contributed by atoms with van der Waals surface area (Å²) in [6.45, 7) is 7.44. The zero-order valence-corrected chi connectivity index (χ0v) is 15.1. The first-order valence-corrected chi connectivity index (χ1v) is 8.15. The number of nitrogens with one attached hydrogen (secondary N) is 2. The highest BCUT2D eigenvalue weighted by Gasteiger charge is 2.21. The zero-order chi connectivity index (χ0) is 18.4. The molecule has 0 aromatic heterocycles. The lowest BCUT2D eigenvalue weighted by Gasteiger charge is -2.18. The summed E-state index contributed by atoms with van der Waals surface area (Å²) in [5, 5.41) is 5.60. The third kappa shape index (κ3) is 5.95. The number of ether oxygens (including phenoxy) is 1. The van der Waals surface area contributed by atoms with E-state index in [0.29, 0.717) is 17.1 Å². The van der Waals surface area contributed by atoms with Crippen LogP contribution in [0.2, 0.25) is 0 Å². The first-order chi connectivity index (χ1) is 11.7. The van der Waals surface area contributed by atoms with Gasteiger partial charge in [-0.3, -0.25) is 9.59 Å². The molecule has 0 heterocycles. The fraction of sp³-hybridized carbons (Fsp3) is 0.300. The lowest BCUT2D eigenvalue weighted by atomic mass is 9.95. The van der Waals surface area contributed by atoms with Crippen molar-refractivity contribution >= 4 is 23.2 Å². The van der Waals surface area contributed by atoms with Gasteiger partial charge in [-0.15, -0.1) is 0 Å². The van der Waals surface area contributed by atoms with Crippen LogP contribution in [0.4, 0.5) is 11.4 Å². The molecule has 2 aromatic carbocycles. The molecule has 0 saturated carbocycles. The molecule has 2 rings (SSSR count). The van der Waals surface area contributed by atoms with Crippen LogP contribution in [0, 0.1) is 12.3 Å². The van der Waals surface area contributed by atoms with E-state index < -0.39 is 5.41 Å². The molecule has 2 amide bonds. The summed E-state index contributed by atoms with van der Waals surface area (Å²) < 4.78 is 5.45. The van der Waals surface area contributed by atoms with E-state index in [1.165, 1.54) is 0 Å². The molecule has 5 heteroatoms. The van der Waals surface area contributed by atoms with Gasteiger partial charge in [-0.2, -0.15) is 0 Å². The second kappa shape index (κ2) is 7.83. The first kappa shape index (κ1) is 18.5. The van der Waals surface area contributed by atoms with Gasteiger partial charge >= 0.3 is 0 Å². The molecular formula is C20H24N2O3. The van der Waals surface area contributed by atoms with E-state index >= 15 is 0 Å². The molecule has 5 nitrogen and oxygen atoms in total. The van der Waals surface area contributed by atoms with Crippen LogP contribution < -0.4 is 15.4 Å². The third-order valence-electron chi connectivity index (χ3n) is 3.48. The minimum atomic E-state index is -0.485. The third-order valence-corrected chi connectivity index (χ3v) is 3.48. The fourth-order valence-corrected chi connectivity index (χ4v) is 1.97. The van der Waals surface area contributed by atoms with Crippen molar-refractivity contribution in [1.82, 2.24) is 0 Å². The van der Waals surface area contributed by atoms with E-state index in [-0.39, 0.29) is 18.4 Å². The van der Waals surface area contributed by atoms with Crippen molar-refractivity contribution in [2.24, 2.45) is 5.41 Å². The van der Waals surface area contributed by atoms with Crippen LogP contribution in [0.5, 0.6) is 5.75 Å². The molecule has 0 radical (unpaired) electrons. The molecule has 0 fully saturated rings. The highest BCUT2D eigenvalue weighted by molar-refractivity contribution is 5.96. The Morgan fingerprint density at radius 1 is 0.960 bits per heavy atom. The van der Waals surface area contributed by atoms with Gasteiger partial charge < -0.3 is 15.4 Å². The van der Waals surface area contributed by atoms with E-state index in [9.17, 15) is 9.59 Å². The van der Waals surface area contributed by atoms with Gasteiger partial charge in [-0.25, -0.2) is 0 Å². The van der Waals surface area contributed by atoms with Gasteiger partial charge in [0.25, 0.3) is 5.91 Å². The van der Waals surface area contributed by atoms with E-state index in [0.717, 1.165) is 5.56 Å². The van der Waals surface area contributed by atoms with E-state index in [1.54, 1.807) is 24.3 Å². The summed E-state index contributed by atoms with van der Waals surface area (Å²) in [4.78, 5) is 24.1. The smallest absolute Gasteiger partial charge is 0.262 e. The molecule has 0 saturated heterocycles. The monoisotopic (exact) mass is 340 g/mol. The number of amides is 2. The van der Waals surface area contributed by atoms with Crippen molar-refractivity contribution in [3.8, 4) is 5.75 Å². The number of benzene rings is 2. The molecule has 0 aliphatic carbocycles. The van der Waals surface area contributed by atoms with Crippen LogP contribution >= 0.6 is 0 Å². The molecule has 0 atom stereocenters. The van der Waals surface area contributed by atoms with Gasteiger partial charge in [0.2, 0.25) is 5.91 Å². The Labute approximate surface area is 148 Å². The molecule has 0 aliphatic heterocycles. The van der Waals surface area contributed by atoms with Gasteiger partial charge in [0.05, 0.1) is 0 Å². The number of anilines is 2. The van der Waals surface area contributed by atoms with Crippen molar-refractivity contribution in [3.63, 3.8) is 0 Å². The van der Waals surface area contributed by atoms with Crippen LogP contribution in [0.1, 0.15) is 26.3 Å². The largest absolute Gasteiger partial charge is 0.484 e. The summed E-state index contributed by atoms with van der Waals surface area (Å²) >= 11 is 0. The summed E-state index contributed by atoms with van der Waals surface area (Å²) in [5.74, 6) is 0.297. The molecule has 0 bridgehead atoms. The quantitative estimate of drug-likeness (QED) is 0.864. The van der Waals surface area contributed by atoms with Gasteiger partial charge in [0, 0.05) is 16.8 Å². The van der Waals surface area contributed by atoms with Crippen LogP contribution in [0.15, 0.2) is 48.5 Å². The number of hydrogen-bond donors (Lipinski definition) is 2. The van der Waals surface area contributed by atoms with Crippen LogP contribution in [0.3, 0.4) is 0 Å². The predicted octanol–water partition coefficient (Wildman–Crippen LogP) is 4.00. The minimum Gasteiger partial charge on any atom is -0.484 e. The lowest BCUT2D eigenvalue weighted by molar-refractivity contribution is -0.123. The topological polar surface area (TPSA) is 67.4 Å². The second-order valence-electron chi connectivity index (χ2n) is 6.93. The Bertz CT molecular complexity index is 746. The van der Waals surface area contributed by atoms with E-state index in [2.05, 4.69) is 10.6 Å². The maximum Gasteiger partial charge on any atom is 0.262 e. The van der Waals surface area contributed by atoms with Crippen molar-refractivity contribution in [1.29, 1.82) is 0 Å². The molecule has 2 aromatic rings. The maximum absolute atomic E-state index is 12.0. The molecular weight excluding hydrogens is 316 g/mol. The summed E-state index contributed by atoms with van der Waals surface area (Å²) in [6.07, 6.45) is 0. The number of aryl methyl sites for hydroxylation is 1. The van der Waals surface area contributed by atoms with Crippen molar-refractivity contribution in [2.75, 3.05) is 17.2 Å². The summed E-state index contributed by atoms with van der Waals surface area (Å²) in [7, 11) is 0. The lowest BCUT2D eigenvalue weighted by Crippen LogP contribution is -2.27. The Morgan fingerprint density at radius 3 is 2.16 bits per heavy atom. The Kier molecular flexibility index (Phi) is 5.80. The molecule has 2 N–H and O–H groups in total. The van der Waals surface area contributed by atoms with E-state index in [1.807, 2.05) is 52.0 Å². The van der Waals surface area contributed by atoms with Crippen molar-refractivity contribution in [3.05, 3.63) is 54.1 Å². The van der Waals surface area contributed by atoms with Crippen molar-refractivity contribution in [2.45, 2.75) is 27.7 Å². The Hall–Kier alpha value is -2.82. The molecule has 0 unspecified atom stereocenters. The standard InChI is InChI=1S/C20H24N2O3/c1-14-8-10-17(11-9-14)25-13-18(23)21-15-6-5-7-16(12-15)22-19(24)20(2,3)4/h5-12H,13H2,1-4H3,(H,21,23)(H,22,24). The number of hydrogen-bond acceptors (Lipinski definition) is 3. The predicted molar refractivity (Wildman–Crippen MR) is 99.8 cm³/mol. The van der Waals surface area contributed by atoms with Gasteiger partial charge in [-0.1, -0.05) is 44.5 Å². The Morgan fingerprint density at radius 2 is 1.56 bits per heavy atom. The highest BCUT2D eigenvalue weighted by atomic mass is 16.5. The average molecular weight is 340 g/mol. The Balaban J connectivity index is 1.91. The van der Waals surface area contributed by atoms with Crippen LogP contribution in [-0.4, -0.2) is 18.4 Å². The minimum absolute atomic E-state index is 0.0817. The number of rotatable bonds is 5. The molecule has 25 heavy (non-hydrogen) atoms. The van der Waals surface area contributed by atoms with Crippen LogP contribution in [-0.2, 0) is 9.59 Å². The summed E-state index contributed by atoms with van der Waals surface area (Å²) in [5.41, 5.74) is 1.88. The normalized spacial score (nSPS) is 10.9. The first-order valence-electron chi connectivity index (χ1n) is 8.15. The van der Waals surface area contributed by atoms with Gasteiger partial charge in [0.1, 0.15) is 5.75 Å². The van der Waals surface area contributed by atoms with Crippen molar-refractivity contribution < 1.29 is 14.3 Å².